The van der Waals surface area contributed by atoms with Crippen LogP contribution in [0, 0.1) is 0 Å². The van der Waals surface area contributed by atoms with Gasteiger partial charge in [0.1, 0.15) is 5.75 Å². The second-order valence-electron chi connectivity index (χ2n) is 3.84. The first-order valence-electron chi connectivity index (χ1n) is 5.89. The number of benzene rings is 1. The molecule has 0 aliphatic rings. The van der Waals surface area contributed by atoms with E-state index in [9.17, 15) is 0 Å². The molecule has 0 fully saturated rings. The molecule has 0 bridgehead atoms. The average molecular weight is 296 g/mol. The van der Waals surface area contributed by atoms with E-state index in [0.29, 0.717) is 11.1 Å². The lowest BCUT2D eigenvalue weighted by Gasteiger charge is -2.02. The van der Waals surface area contributed by atoms with Crippen LogP contribution in [-0.4, -0.2) is 29.3 Å². The van der Waals surface area contributed by atoms with Crippen LogP contribution < -0.4 is 4.74 Å². The van der Waals surface area contributed by atoms with Gasteiger partial charge in [-0.25, -0.2) is 0 Å². The summed E-state index contributed by atoms with van der Waals surface area (Å²) in [4.78, 5) is 0. The Hall–Kier alpha value is -1.14. The standard InChI is InChI=1S/C13H16N2O2S2/c1-16-11-5-3-10(4-6-11)7-8-19-13-15-14-12(17-13)9-18-2/h3-6H,7-9H2,1-2H3. The summed E-state index contributed by atoms with van der Waals surface area (Å²) in [5.41, 5.74) is 1.28. The Bertz CT molecular complexity index is 500. The number of thioether (sulfide) groups is 2. The number of rotatable bonds is 7. The minimum atomic E-state index is 0.651. The first kappa shape index (κ1) is 14.3. The Kier molecular flexibility index (Phi) is 5.60. The van der Waals surface area contributed by atoms with Crippen LogP contribution in [0.3, 0.4) is 0 Å². The van der Waals surface area contributed by atoms with Crippen LogP contribution in [0.15, 0.2) is 33.9 Å². The number of hydrogen-bond donors (Lipinski definition) is 0. The molecule has 0 aliphatic carbocycles. The maximum Gasteiger partial charge on any atom is 0.276 e. The molecule has 0 spiro atoms. The Morgan fingerprint density at radius 3 is 2.68 bits per heavy atom. The smallest absolute Gasteiger partial charge is 0.276 e. The van der Waals surface area contributed by atoms with Gasteiger partial charge in [-0.1, -0.05) is 23.9 Å². The predicted molar refractivity (Wildman–Crippen MR) is 78.9 cm³/mol. The third kappa shape index (κ3) is 4.47. The van der Waals surface area contributed by atoms with Gasteiger partial charge in [-0.05, 0) is 30.4 Å². The van der Waals surface area contributed by atoms with Gasteiger partial charge >= 0.3 is 0 Å². The molecule has 102 valence electrons. The molecular formula is C13H16N2O2S2. The third-order valence-corrected chi connectivity index (χ3v) is 3.85. The highest BCUT2D eigenvalue weighted by Crippen LogP contribution is 2.20. The SMILES string of the molecule is COc1ccc(CCSc2nnc(CSC)o2)cc1. The number of hydrogen-bond acceptors (Lipinski definition) is 6. The van der Waals surface area contributed by atoms with Crippen molar-refractivity contribution in [1.82, 2.24) is 10.2 Å². The molecule has 0 N–H and O–H groups in total. The fourth-order valence-corrected chi connectivity index (χ4v) is 2.66. The first-order valence-corrected chi connectivity index (χ1v) is 8.27. The van der Waals surface area contributed by atoms with Crippen molar-refractivity contribution in [3.8, 4) is 5.75 Å². The molecule has 1 heterocycles. The summed E-state index contributed by atoms with van der Waals surface area (Å²) >= 11 is 3.27. The second kappa shape index (κ2) is 7.45. The molecule has 0 atom stereocenters. The van der Waals surface area contributed by atoms with E-state index < -0.39 is 0 Å². The van der Waals surface area contributed by atoms with Crippen molar-refractivity contribution in [2.45, 2.75) is 17.4 Å². The molecule has 0 unspecified atom stereocenters. The quantitative estimate of drug-likeness (QED) is 0.731. The third-order valence-electron chi connectivity index (χ3n) is 2.49. The monoisotopic (exact) mass is 296 g/mol. The second-order valence-corrected chi connectivity index (χ2v) is 5.75. The molecule has 0 saturated carbocycles. The van der Waals surface area contributed by atoms with E-state index in [1.54, 1.807) is 30.6 Å². The van der Waals surface area contributed by atoms with Crippen molar-refractivity contribution in [3.63, 3.8) is 0 Å². The van der Waals surface area contributed by atoms with E-state index in [2.05, 4.69) is 22.3 Å². The summed E-state index contributed by atoms with van der Waals surface area (Å²) < 4.78 is 10.6. The maximum absolute atomic E-state index is 5.50. The first-order chi connectivity index (χ1) is 9.31. The summed E-state index contributed by atoms with van der Waals surface area (Å²) in [6, 6.07) is 8.10. The van der Waals surface area contributed by atoms with Crippen LogP contribution >= 0.6 is 23.5 Å². The van der Waals surface area contributed by atoms with E-state index in [4.69, 9.17) is 9.15 Å². The van der Waals surface area contributed by atoms with Gasteiger partial charge in [0, 0.05) is 5.75 Å². The van der Waals surface area contributed by atoms with Crippen LogP contribution in [0.5, 0.6) is 5.75 Å². The summed E-state index contributed by atoms with van der Waals surface area (Å²) in [5.74, 6) is 3.27. The van der Waals surface area contributed by atoms with E-state index in [-0.39, 0.29) is 0 Å². The maximum atomic E-state index is 5.50. The lowest BCUT2D eigenvalue weighted by Crippen LogP contribution is -1.89. The Balaban J connectivity index is 1.78. The zero-order chi connectivity index (χ0) is 13.5. The van der Waals surface area contributed by atoms with E-state index in [0.717, 1.165) is 23.7 Å². The summed E-state index contributed by atoms with van der Waals surface area (Å²) in [7, 11) is 1.67. The van der Waals surface area contributed by atoms with Gasteiger partial charge < -0.3 is 9.15 Å². The number of ether oxygens (including phenoxy) is 1. The number of nitrogens with zero attached hydrogens (tertiary/aromatic N) is 2. The molecular weight excluding hydrogens is 280 g/mol. The van der Waals surface area contributed by atoms with Crippen LogP contribution in [0.25, 0.3) is 0 Å². The normalized spacial score (nSPS) is 10.6. The average Bonchev–Trinajstić information content (AvgIpc) is 2.88. The highest BCUT2D eigenvalue weighted by Gasteiger charge is 2.05. The summed E-state index contributed by atoms with van der Waals surface area (Å²) in [6.07, 6.45) is 2.98. The van der Waals surface area contributed by atoms with Gasteiger partial charge in [-0.15, -0.1) is 10.2 Å². The molecule has 19 heavy (non-hydrogen) atoms. The van der Waals surface area contributed by atoms with Crippen molar-refractivity contribution in [2.24, 2.45) is 0 Å². The van der Waals surface area contributed by atoms with Crippen molar-refractivity contribution in [2.75, 3.05) is 19.1 Å². The minimum absolute atomic E-state index is 0.651. The zero-order valence-electron chi connectivity index (χ0n) is 11.0. The fourth-order valence-electron chi connectivity index (χ4n) is 1.53. The molecule has 0 aliphatic heterocycles. The van der Waals surface area contributed by atoms with Gasteiger partial charge in [0.2, 0.25) is 5.89 Å². The number of aromatic nitrogens is 2. The van der Waals surface area contributed by atoms with E-state index >= 15 is 0 Å². The van der Waals surface area contributed by atoms with E-state index in [1.807, 2.05) is 18.4 Å². The fraction of sp³-hybridized carbons (Fsp3) is 0.385. The molecule has 0 amide bonds. The topological polar surface area (TPSA) is 48.2 Å². The van der Waals surface area contributed by atoms with Gasteiger partial charge in [0.25, 0.3) is 5.22 Å². The molecule has 2 rings (SSSR count). The van der Waals surface area contributed by atoms with Crippen LogP contribution in [0.2, 0.25) is 0 Å². The molecule has 0 saturated heterocycles. The number of methoxy groups -OCH3 is 1. The summed E-state index contributed by atoms with van der Waals surface area (Å²) in [5, 5.41) is 8.64. The van der Waals surface area contributed by atoms with Crippen molar-refractivity contribution in [1.29, 1.82) is 0 Å². The molecule has 1 aromatic heterocycles. The predicted octanol–water partition coefficient (Wildman–Crippen LogP) is 3.28. The van der Waals surface area contributed by atoms with Crippen LogP contribution in [-0.2, 0) is 12.2 Å². The Labute approximate surface area is 121 Å². The van der Waals surface area contributed by atoms with Crippen molar-refractivity contribution in [3.05, 3.63) is 35.7 Å². The highest BCUT2D eigenvalue weighted by atomic mass is 32.2. The van der Waals surface area contributed by atoms with Crippen LogP contribution in [0.4, 0.5) is 0 Å². The zero-order valence-corrected chi connectivity index (χ0v) is 12.6. The lowest BCUT2D eigenvalue weighted by atomic mass is 10.2. The molecule has 2 aromatic rings. The van der Waals surface area contributed by atoms with Gasteiger partial charge in [0.05, 0.1) is 12.9 Å². The van der Waals surface area contributed by atoms with Crippen molar-refractivity contribution < 1.29 is 9.15 Å². The Morgan fingerprint density at radius 1 is 1.21 bits per heavy atom. The van der Waals surface area contributed by atoms with Crippen molar-refractivity contribution >= 4 is 23.5 Å². The molecule has 4 nitrogen and oxygen atoms in total. The van der Waals surface area contributed by atoms with E-state index in [1.165, 1.54) is 5.56 Å². The number of aryl methyl sites for hydroxylation is 1. The molecule has 0 radical (unpaired) electrons. The molecule has 6 heteroatoms. The van der Waals surface area contributed by atoms with Crippen LogP contribution in [0.1, 0.15) is 11.5 Å². The Morgan fingerprint density at radius 2 is 2.00 bits per heavy atom. The minimum Gasteiger partial charge on any atom is -0.497 e. The summed E-state index contributed by atoms with van der Waals surface area (Å²) in [6.45, 7) is 0. The van der Waals surface area contributed by atoms with Gasteiger partial charge in [-0.2, -0.15) is 11.8 Å². The lowest BCUT2D eigenvalue weighted by molar-refractivity contribution is 0.414. The molecule has 1 aromatic carbocycles. The largest absolute Gasteiger partial charge is 0.497 e. The van der Waals surface area contributed by atoms with Gasteiger partial charge in [-0.3, -0.25) is 0 Å². The highest BCUT2D eigenvalue weighted by molar-refractivity contribution is 7.99. The van der Waals surface area contributed by atoms with Gasteiger partial charge in [0.15, 0.2) is 0 Å².